The summed E-state index contributed by atoms with van der Waals surface area (Å²) in [5, 5.41) is 4.70. The highest BCUT2D eigenvalue weighted by atomic mass is 32.1. The predicted octanol–water partition coefficient (Wildman–Crippen LogP) is 1.84. The van der Waals surface area contributed by atoms with Crippen LogP contribution in [0.2, 0.25) is 0 Å². The first-order valence-electron chi connectivity index (χ1n) is 5.90. The van der Waals surface area contributed by atoms with Gasteiger partial charge in [0, 0.05) is 25.9 Å². The van der Waals surface area contributed by atoms with Gasteiger partial charge in [0.25, 0.3) is 5.91 Å². The Kier molecular flexibility index (Phi) is 4.11. The Bertz CT molecular complexity index is 566. The smallest absolute Gasteiger partial charge is 0.261 e. The molecular weight excluding hydrogens is 260 g/mol. The van der Waals surface area contributed by atoms with Crippen LogP contribution < -0.4 is 10.2 Å². The van der Waals surface area contributed by atoms with Crippen LogP contribution in [0.5, 0.6) is 0 Å². The quantitative estimate of drug-likeness (QED) is 0.925. The number of thiophene rings is 1. The standard InChI is InChI=1S/C13H16N4OS/c1-9-7-12(17(2)3)16-11(15-9)8-14-13(18)10-5-4-6-19-10/h4-7H,8H2,1-3H3,(H,14,18). The Morgan fingerprint density at radius 1 is 1.42 bits per heavy atom. The lowest BCUT2D eigenvalue weighted by atomic mass is 10.4. The fourth-order valence-electron chi connectivity index (χ4n) is 1.57. The molecule has 2 aromatic rings. The Morgan fingerprint density at radius 3 is 2.84 bits per heavy atom. The van der Waals surface area contributed by atoms with Crippen LogP contribution in [-0.4, -0.2) is 30.0 Å². The minimum absolute atomic E-state index is 0.0912. The van der Waals surface area contributed by atoms with Crippen molar-refractivity contribution in [2.75, 3.05) is 19.0 Å². The van der Waals surface area contributed by atoms with Crippen LogP contribution in [0.4, 0.5) is 5.82 Å². The fraction of sp³-hybridized carbons (Fsp3) is 0.308. The van der Waals surface area contributed by atoms with E-state index in [4.69, 9.17) is 0 Å². The normalized spacial score (nSPS) is 10.3. The van der Waals surface area contributed by atoms with Crippen molar-refractivity contribution in [1.82, 2.24) is 15.3 Å². The van der Waals surface area contributed by atoms with Crippen LogP contribution in [-0.2, 0) is 6.54 Å². The minimum Gasteiger partial charge on any atom is -0.363 e. The molecule has 2 rings (SSSR count). The van der Waals surface area contributed by atoms with Crippen molar-refractivity contribution in [3.63, 3.8) is 0 Å². The molecule has 0 radical (unpaired) electrons. The molecule has 0 bridgehead atoms. The van der Waals surface area contributed by atoms with Crippen molar-refractivity contribution in [2.24, 2.45) is 0 Å². The molecule has 0 unspecified atom stereocenters. The van der Waals surface area contributed by atoms with Crippen LogP contribution in [0.1, 0.15) is 21.2 Å². The maximum atomic E-state index is 11.8. The summed E-state index contributed by atoms with van der Waals surface area (Å²) in [6.07, 6.45) is 0. The molecular formula is C13H16N4OS. The van der Waals surface area contributed by atoms with E-state index in [0.29, 0.717) is 17.2 Å². The third-order valence-corrected chi connectivity index (χ3v) is 3.37. The van der Waals surface area contributed by atoms with Crippen LogP contribution in [0.15, 0.2) is 23.6 Å². The number of amides is 1. The molecule has 0 aromatic carbocycles. The predicted molar refractivity (Wildman–Crippen MR) is 76.6 cm³/mol. The number of carbonyl (C=O) groups excluding carboxylic acids is 1. The van der Waals surface area contributed by atoms with Crippen LogP contribution in [0.3, 0.4) is 0 Å². The number of nitrogens with one attached hydrogen (secondary N) is 1. The first kappa shape index (κ1) is 13.5. The summed E-state index contributed by atoms with van der Waals surface area (Å²) in [4.78, 5) is 23.1. The molecule has 0 aliphatic heterocycles. The molecule has 5 nitrogen and oxygen atoms in total. The lowest BCUT2D eigenvalue weighted by Crippen LogP contribution is -2.24. The second-order valence-corrected chi connectivity index (χ2v) is 5.29. The van der Waals surface area contributed by atoms with Gasteiger partial charge >= 0.3 is 0 Å². The maximum absolute atomic E-state index is 11.8. The molecule has 100 valence electrons. The molecule has 2 heterocycles. The van der Waals surface area contributed by atoms with E-state index >= 15 is 0 Å². The SMILES string of the molecule is Cc1cc(N(C)C)nc(CNC(=O)c2cccs2)n1. The summed E-state index contributed by atoms with van der Waals surface area (Å²) < 4.78 is 0. The zero-order chi connectivity index (χ0) is 13.8. The molecule has 6 heteroatoms. The van der Waals surface area contributed by atoms with E-state index in [1.54, 1.807) is 6.07 Å². The second kappa shape index (κ2) is 5.79. The maximum Gasteiger partial charge on any atom is 0.261 e. The van der Waals surface area contributed by atoms with Crippen molar-refractivity contribution in [1.29, 1.82) is 0 Å². The number of hydrogen-bond acceptors (Lipinski definition) is 5. The number of nitrogens with zero attached hydrogens (tertiary/aromatic N) is 3. The molecule has 0 saturated carbocycles. The van der Waals surface area contributed by atoms with Gasteiger partial charge in [0.05, 0.1) is 11.4 Å². The largest absolute Gasteiger partial charge is 0.363 e. The number of carbonyl (C=O) groups is 1. The molecule has 2 aromatic heterocycles. The summed E-state index contributed by atoms with van der Waals surface area (Å²) >= 11 is 1.42. The summed E-state index contributed by atoms with van der Waals surface area (Å²) in [5.41, 5.74) is 0.888. The highest BCUT2D eigenvalue weighted by Crippen LogP contribution is 2.10. The van der Waals surface area contributed by atoms with E-state index in [-0.39, 0.29) is 5.91 Å². The van der Waals surface area contributed by atoms with Gasteiger partial charge in [-0.05, 0) is 18.4 Å². The lowest BCUT2D eigenvalue weighted by molar-refractivity contribution is 0.0954. The summed E-state index contributed by atoms with van der Waals surface area (Å²) in [6.45, 7) is 2.25. The highest BCUT2D eigenvalue weighted by molar-refractivity contribution is 7.12. The lowest BCUT2D eigenvalue weighted by Gasteiger charge is -2.13. The summed E-state index contributed by atoms with van der Waals surface area (Å²) in [5.74, 6) is 1.37. The van der Waals surface area contributed by atoms with E-state index in [9.17, 15) is 4.79 Å². The topological polar surface area (TPSA) is 58.1 Å². The Morgan fingerprint density at radius 2 is 2.21 bits per heavy atom. The third-order valence-electron chi connectivity index (χ3n) is 2.50. The highest BCUT2D eigenvalue weighted by Gasteiger charge is 2.08. The second-order valence-electron chi connectivity index (χ2n) is 4.34. The van der Waals surface area contributed by atoms with E-state index in [0.717, 1.165) is 11.5 Å². The van der Waals surface area contributed by atoms with E-state index in [1.807, 2.05) is 43.4 Å². The Balaban J connectivity index is 2.05. The van der Waals surface area contributed by atoms with Crippen molar-refractivity contribution in [3.8, 4) is 0 Å². The first-order chi connectivity index (χ1) is 9.06. The van der Waals surface area contributed by atoms with Crippen molar-refractivity contribution in [2.45, 2.75) is 13.5 Å². The summed E-state index contributed by atoms with van der Waals surface area (Å²) in [6, 6.07) is 5.56. The zero-order valence-electron chi connectivity index (χ0n) is 11.2. The molecule has 0 fully saturated rings. The Labute approximate surface area is 116 Å². The van der Waals surface area contributed by atoms with Gasteiger partial charge in [0.15, 0.2) is 0 Å². The number of rotatable bonds is 4. The molecule has 1 N–H and O–H groups in total. The van der Waals surface area contributed by atoms with E-state index in [2.05, 4.69) is 15.3 Å². The fourth-order valence-corrected chi connectivity index (χ4v) is 2.21. The van der Waals surface area contributed by atoms with E-state index < -0.39 is 0 Å². The number of aryl methyl sites for hydroxylation is 1. The van der Waals surface area contributed by atoms with Gasteiger partial charge in [-0.3, -0.25) is 4.79 Å². The van der Waals surface area contributed by atoms with E-state index in [1.165, 1.54) is 11.3 Å². The number of hydrogen-bond donors (Lipinski definition) is 1. The van der Waals surface area contributed by atoms with Crippen LogP contribution in [0.25, 0.3) is 0 Å². The van der Waals surface area contributed by atoms with Gasteiger partial charge in [-0.1, -0.05) is 6.07 Å². The third kappa shape index (κ3) is 3.51. The minimum atomic E-state index is -0.0912. The van der Waals surface area contributed by atoms with Crippen molar-refractivity contribution < 1.29 is 4.79 Å². The first-order valence-corrected chi connectivity index (χ1v) is 6.78. The van der Waals surface area contributed by atoms with Gasteiger partial charge in [0.2, 0.25) is 0 Å². The molecule has 1 amide bonds. The van der Waals surface area contributed by atoms with Crippen molar-refractivity contribution in [3.05, 3.63) is 40.0 Å². The average Bonchev–Trinajstić information content (AvgIpc) is 2.89. The van der Waals surface area contributed by atoms with Crippen LogP contribution in [0, 0.1) is 6.92 Å². The zero-order valence-corrected chi connectivity index (χ0v) is 12.0. The summed E-state index contributed by atoms with van der Waals surface area (Å²) in [7, 11) is 3.85. The molecule has 0 atom stereocenters. The molecule has 0 aliphatic rings. The monoisotopic (exact) mass is 276 g/mol. The number of aromatic nitrogens is 2. The van der Waals surface area contributed by atoms with Crippen LogP contribution >= 0.6 is 11.3 Å². The molecule has 19 heavy (non-hydrogen) atoms. The van der Waals surface area contributed by atoms with Gasteiger partial charge in [-0.2, -0.15) is 0 Å². The van der Waals surface area contributed by atoms with Gasteiger partial charge in [-0.25, -0.2) is 9.97 Å². The molecule has 0 spiro atoms. The van der Waals surface area contributed by atoms with Gasteiger partial charge in [0.1, 0.15) is 11.6 Å². The Hall–Kier alpha value is -1.95. The molecule has 0 aliphatic carbocycles. The molecule has 0 saturated heterocycles. The van der Waals surface area contributed by atoms with Gasteiger partial charge in [-0.15, -0.1) is 11.3 Å². The van der Waals surface area contributed by atoms with Gasteiger partial charge < -0.3 is 10.2 Å². The number of anilines is 1. The van der Waals surface area contributed by atoms with Crippen molar-refractivity contribution >= 4 is 23.1 Å². The average molecular weight is 276 g/mol.